The number of aromatic nitrogens is 2. The minimum atomic E-state index is -0.992. The molecule has 2 rings (SSSR count). The molecule has 2 aromatic heterocycles. The zero-order valence-corrected chi connectivity index (χ0v) is 11.1. The van der Waals surface area contributed by atoms with Gasteiger partial charge in [0.1, 0.15) is 11.4 Å². The van der Waals surface area contributed by atoms with E-state index in [1.54, 1.807) is 25.4 Å². The van der Waals surface area contributed by atoms with Crippen LogP contribution in [0.15, 0.2) is 24.5 Å². The zero-order chi connectivity index (χ0) is 14.0. The van der Waals surface area contributed by atoms with Gasteiger partial charge in [-0.3, -0.25) is 4.98 Å². The highest BCUT2D eigenvalue weighted by Gasteiger charge is 2.16. The molecule has 0 aromatic carbocycles. The molecule has 0 spiro atoms. The van der Waals surface area contributed by atoms with Gasteiger partial charge in [0.15, 0.2) is 0 Å². The van der Waals surface area contributed by atoms with Gasteiger partial charge in [-0.1, -0.05) is 0 Å². The predicted molar refractivity (Wildman–Crippen MR) is 72.9 cm³/mol. The molecule has 98 valence electrons. The van der Waals surface area contributed by atoms with Gasteiger partial charge in [-0.2, -0.15) is 0 Å². The maximum absolute atomic E-state index is 11.3. The fraction of sp³-hybridized carbons (Fsp3) is 0.214. The van der Waals surface area contributed by atoms with E-state index in [1.165, 1.54) is 0 Å². The quantitative estimate of drug-likeness (QED) is 0.884. The van der Waals surface area contributed by atoms with Crippen molar-refractivity contribution >= 4 is 17.5 Å². The minimum Gasteiger partial charge on any atom is -0.478 e. The highest BCUT2D eigenvalue weighted by molar-refractivity contribution is 5.95. The van der Waals surface area contributed by atoms with E-state index < -0.39 is 5.97 Å². The monoisotopic (exact) mass is 257 g/mol. The van der Waals surface area contributed by atoms with Crippen molar-refractivity contribution < 1.29 is 9.90 Å². The lowest BCUT2D eigenvalue weighted by Crippen LogP contribution is -2.09. The molecule has 0 saturated heterocycles. The van der Waals surface area contributed by atoms with Crippen LogP contribution in [0.1, 0.15) is 27.2 Å². The van der Waals surface area contributed by atoms with E-state index in [9.17, 15) is 9.90 Å². The Kier molecular flexibility index (Phi) is 3.46. The topological polar surface area (TPSA) is 75.1 Å². The average Bonchev–Trinajstić information content (AvgIpc) is 2.30. The second-order valence-corrected chi connectivity index (χ2v) is 4.42. The van der Waals surface area contributed by atoms with Crippen molar-refractivity contribution in [3.63, 3.8) is 0 Å². The fourth-order valence-corrected chi connectivity index (χ4v) is 1.92. The molecule has 19 heavy (non-hydrogen) atoms. The summed E-state index contributed by atoms with van der Waals surface area (Å²) >= 11 is 0. The Labute approximate surface area is 111 Å². The summed E-state index contributed by atoms with van der Waals surface area (Å²) in [6.45, 7) is 5.52. The van der Waals surface area contributed by atoms with E-state index in [4.69, 9.17) is 0 Å². The van der Waals surface area contributed by atoms with Crippen LogP contribution in [0.25, 0.3) is 0 Å². The van der Waals surface area contributed by atoms with E-state index in [0.717, 1.165) is 16.9 Å². The lowest BCUT2D eigenvalue weighted by molar-refractivity contribution is 0.0697. The van der Waals surface area contributed by atoms with Crippen LogP contribution in [0.5, 0.6) is 0 Å². The Hall–Kier alpha value is -2.43. The van der Waals surface area contributed by atoms with Gasteiger partial charge in [0.25, 0.3) is 0 Å². The van der Waals surface area contributed by atoms with E-state index in [0.29, 0.717) is 11.4 Å². The standard InChI is InChI=1S/C14H15N3O2/c1-8-4-5-15-7-11(8)17-13-12(14(18)19)9(2)6-10(3)16-13/h4-7H,1-3H3,(H,16,17)(H,18,19). The molecule has 0 aliphatic heterocycles. The summed E-state index contributed by atoms with van der Waals surface area (Å²) < 4.78 is 0. The number of nitrogens with zero attached hydrogens (tertiary/aromatic N) is 2. The summed E-state index contributed by atoms with van der Waals surface area (Å²) in [6, 6.07) is 3.61. The third-order valence-electron chi connectivity index (χ3n) is 2.85. The SMILES string of the molecule is Cc1cc(C)c(C(=O)O)c(Nc2cnccc2C)n1. The minimum absolute atomic E-state index is 0.189. The number of aromatic carboxylic acids is 1. The molecule has 0 aliphatic carbocycles. The molecule has 0 unspecified atom stereocenters. The summed E-state index contributed by atoms with van der Waals surface area (Å²) in [7, 11) is 0. The number of carboxylic acids is 1. The first-order chi connectivity index (χ1) is 8.99. The van der Waals surface area contributed by atoms with Crippen molar-refractivity contribution in [1.29, 1.82) is 0 Å². The summed E-state index contributed by atoms with van der Waals surface area (Å²) in [4.78, 5) is 19.6. The number of carbonyl (C=O) groups is 1. The third-order valence-corrected chi connectivity index (χ3v) is 2.85. The fourth-order valence-electron chi connectivity index (χ4n) is 1.92. The number of carboxylic acid groups (broad SMARTS) is 1. The van der Waals surface area contributed by atoms with Crippen LogP contribution >= 0.6 is 0 Å². The number of nitrogens with one attached hydrogen (secondary N) is 1. The maximum atomic E-state index is 11.3. The van der Waals surface area contributed by atoms with Crippen LogP contribution in [-0.4, -0.2) is 21.0 Å². The van der Waals surface area contributed by atoms with Gasteiger partial charge < -0.3 is 10.4 Å². The number of pyridine rings is 2. The van der Waals surface area contributed by atoms with Gasteiger partial charge in [-0.05, 0) is 44.0 Å². The summed E-state index contributed by atoms with van der Waals surface area (Å²) in [6.07, 6.45) is 3.34. The largest absolute Gasteiger partial charge is 0.478 e. The van der Waals surface area contributed by atoms with Crippen LogP contribution in [0.3, 0.4) is 0 Å². The van der Waals surface area contributed by atoms with E-state index in [2.05, 4.69) is 15.3 Å². The van der Waals surface area contributed by atoms with Crippen molar-refractivity contribution in [2.45, 2.75) is 20.8 Å². The molecular weight excluding hydrogens is 242 g/mol. The molecule has 0 radical (unpaired) electrons. The molecule has 5 nitrogen and oxygen atoms in total. The molecule has 0 amide bonds. The highest BCUT2D eigenvalue weighted by atomic mass is 16.4. The summed E-state index contributed by atoms with van der Waals surface area (Å²) in [5.74, 6) is -0.643. The third kappa shape index (κ3) is 2.70. The normalized spacial score (nSPS) is 10.3. The van der Waals surface area contributed by atoms with E-state index in [-0.39, 0.29) is 5.56 Å². The van der Waals surface area contributed by atoms with Gasteiger partial charge in [0, 0.05) is 11.9 Å². The molecule has 0 saturated carbocycles. The molecule has 2 heterocycles. The maximum Gasteiger partial charge on any atom is 0.339 e. The Morgan fingerprint density at radius 2 is 2.00 bits per heavy atom. The van der Waals surface area contributed by atoms with Crippen molar-refractivity contribution in [2.24, 2.45) is 0 Å². The Balaban J connectivity index is 2.51. The Morgan fingerprint density at radius 1 is 1.26 bits per heavy atom. The molecule has 2 N–H and O–H groups in total. The number of hydrogen-bond acceptors (Lipinski definition) is 4. The first-order valence-electron chi connectivity index (χ1n) is 5.88. The first kappa shape index (κ1) is 13.0. The zero-order valence-electron chi connectivity index (χ0n) is 11.1. The summed E-state index contributed by atoms with van der Waals surface area (Å²) in [5.41, 5.74) is 3.37. The highest BCUT2D eigenvalue weighted by Crippen LogP contribution is 2.24. The van der Waals surface area contributed by atoms with Crippen molar-refractivity contribution in [1.82, 2.24) is 9.97 Å². The Bertz CT molecular complexity index is 639. The van der Waals surface area contributed by atoms with Crippen LogP contribution in [0.4, 0.5) is 11.5 Å². The number of aryl methyl sites for hydroxylation is 3. The lowest BCUT2D eigenvalue weighted by Gasteiger charge is -2.13. The Morgan fingerprint density at radius 3 is 2.63 bits per heavy atom. The predicted octanol–water partition coefficient (Wildman–Crippen LogP) is 2.84. The number of hydrogen-bond donors (Lipinski definition) is 2. The van der Waals surface area contributed by atoms with E-state index >= 15 is 0 Å². The van der Waals surface area contributed by atoms with E-state index in [1.807, 2.05) is 19.9 Å². The smallest absolute Gasteiger partial charge is 0.339 e. The van der Waals surface area contributed by atoms with Gasteiger partial charge in [0.05, 0.1) is 11.9 Å². The van der Waals surface area contributed by atoms with Crippen molar-refractivity contribution in [2.75, 3.05) is 5.32 Å². The lowest BCUT2D eigenvalue weighted by atomic mass is 10.1. The first-order valence-corrected chi connectivity index (χ1v) is 5.88. The van der Waals surface area contributed by atoms with Crippen LogP contribution < -0.4 is 5.32 Å². The molecule has 2 aromatic rings. The second kappa shape index (κ2) is 5.06. The molecule has 0 bridgehead atoms. The van der Waals surface area contributed by atoms with Gasteiger partial charge in [-0.15, -0.1) is 0 Å². The molecule has 0 fully saturated rings. The van der Waals surface area contributed by atoms with Gasteiger partial charge >= 0.3 is 5.97 Å². The second-order valence-electron chi connectivity index (χ2n) is 4.42. The van der Waals surface area contributed by atoms with Crippen molar-refractivity contribution in [3.8, 4) is 0 Å². The van der Waals surface area contributed by atoms with Crippen molar-refractivity contribution in [3.05, 3.63) is 46.9 Å². The molecule has 0 atom stereocenters. The van der Waals surface area contributed by atoms with Crippen LogP contribution in [0, 0.1) is 20.8 Å². The molecule has 0 aliphatic rings. The summed E-state index contributed by atoms with van der Waals surface area (Å²) in [5, 5.41) is 12.3. The van der Waals surface area contributed by atoms with Gasteiger partial charge in [0.2, 0.25) is 0 Å². The van der Waals surface area contributed by atoms with Crippen LogP contribution in [-0.2, 0) is 0 Å². The number of rotatable bonds is 3. The van der Waals surface area contributed by atoms with Crippen LogP contribution in [0.2, 0.25) is 0 Å². The average molecular weight is 257 g/mol. The molecular formula is C14H15N3O2. The molecule has 5 heteroatoms. The van der Waals surface area contributed by atoms with Gasteiger partial charge in [-0.25, -0.2) is 9.78 Å². The number of anilines is 2.